The van der Waals surface area contributed by atoms with Gasteiger partial charge in [0.25, 0.3) is 0 Å². The van der Waals surface area contributed by atoms with E-state index in [0.29, 0.717) is 34.8 Å². The molecule has 0 saturated heterocycles. The number of carbonyl (C=O) groups excluding carboxylic acids is 3. The number of rotatable bonds is 14. The van der Waals surface area contributed by atoms with Crippen LogP contribution in [-0.2, 0) is 25.5 Å². The average molecular weight is 503 g/mol. The van der Waals surface area contributed by atoms with Crippen molar-refractivity contribution in [3.05, 3.63) is 29.3 Å². The summed E-state index contributed by atoms with van der Waals surface area (Å²) in [5.74, 6) is -0.743. The van der Waals surface area contributed by atoms with Crippen LogP contribution in [0.1, 0.15) is 56.6 Å². The topological polar surface area (TPSA) is 101 Å². The van der Waals surface area contributed by atoms with Crippen molar-refractivity contribution in [2.75, 3.05) is 4.43 Å². The predicted octanol–water partition coefficient (Wildman–Crippen LogP) is 0.404. The molecular formula is C21H28IO6-. The second kappa shape index (κ2) is 14.1. The van der Waals surface area contributed by atoms with Gasteiger partial charge in [0.2, 0.25) is 0 Å². The number of phenolic OH excluding ortho intramolecular Hbond substituents is 2. The van der Waals surface area contributed by atoms with Gasteiger partial charge >= 0.3 is 169 Å². The van der Waals surface area contributed by atoms with Gasteiger partial charge in [0.15, 0.2) is 0 Å². The second-order valence-electron chi connectivity index (χ2n) is 6.36. The van der Waals surface area contributed by atoms with Crippen molar-refractivity contribution < 1.29 is 50.5 Å². The molecule has 0 aliphatic carbocycles. The number of carbonyl (C=O) groups is 3. The molecule has 0 fully saturated rings. The summed E-state index contributed by atoms with van der Waals surface area (Å²) in [6.07, 6.45) is 8.49. The van der Waals surface area contributed by atoms with E-state index in [0.717, 1.165) is 29.8 Å². The molecule has 0 aliphatic rings. The Balaban J connectivity index is 2.85. The number of allylic oxidation sites excluding steroid dienone is 1. The number of benzene rings is 1. The Morgan fingerprint density at radius 1 is 1.21 bits per heavy atom. The van der Waals surface area contributed by atoms with Crippen LogP contribution in [0.15, 0.2) is 18.2 Å². The molecule has 6 nitrogen and oxygen atoms in total. The van der Waals surface area contributed by atoms with E-state index in [1.165, 1.54) is 12.1 Å². The van der Waals surface area contributed by atoms with Crippen LogP contribution in [0.4, 0.5) is 0 Å². The van der Waals surface area contributed by atoms with Crippen LogP contribution in [0.3, 0.4) is 0 Å². The number of alkyl halides is 1. The molecule has 0 aliphatic heterocycles. The zero-order valence-electron chi connectivity index (χ0n) is 16.1. The number of hydrogen-bond donors (Lipinski definition) is 2. The molecule has 0 radical (unpaired) electrons. The van der Waals surface area contributed by atoms with Crippen LogP contribution in [0.25, 0.3) is 6.08 Å². The molecule has 0 spiro atoms. The number of aldehydes is 1. The van der Waals surface area contributed by atoms with E-state index in [2.05, 4.69) is 6.92 Å². The van der Waals surface area contributed by atoms with E-state index in [1.807, 2.05) is 6.08 Å². The molecule has 0 bridgehead atoms. The van der Waals surface area contributed by atoms with Gasteiger partial charge in [-0.2, -0.15) is 0 Å². The monoisotopic (exact) mass is 503 g/mol. The number of ether oxygens (including phenoxy) is 1. The summed E-state index contributed by atoms with van der Waals surface area (Å²) >= 11 is -0.696. The van der Waals surface area contributed by atoms with E-state index in [1.54, 1.807) is 6.08 Å². The van der Waals surface area contributed by atoms with Crippen LogP contribution in [0.5, 0.6) is 11.5 Å². The summed E-state index contributed by atoms with van der Waals surface area (Å²) in [7, 11) is 0. The molecule has 0 aromatic heterocycles. The van der Waals surface area contributed by atoms with E-state index >= 15 is 0 Å². The molecule has 1 aromatic rings. The van der Waals surface area contributed by atoms with E-state index in [4.69, 9.17) is 4.74 Å². The number of unbranched alkanes of at least 4 members (excludes halogenated alkanes) is 3. The first-order chi connectivity index (χ1) is 13.5. The molecule has 1 aromatic carbocycles. The number of halogens is 1. The quantitative estimate of drug-likeness (QED) is 0.0953. The van der Waals surface area contributed by atoms with Crippen LogP contribution in [-0.4, -0.2) is 37.3 Å². The third-order valence-electron chi connectivity index (χ3n) is 4.06. The molecule has 7 heteroatoms. The van der Waals surface area contributed by atoms with Gasteiger partial charge in [0.05, 0.1) is 0 Å². The summed E-state index contributed by atoms with van der Waals surface area (Å²) in [5, 5.41) is 19.9. The summed E-state index contributed by atoms with van der Waals surface area (Å²) in [6, 6.07) is 2.70. The molecule has 0 amide bonds. The Kier molecular flexibility index (Phi) is 12.2. The molecule has 0 saturated carbocycles. The predicted molar refractivity (Wildman–Crippen MR) is 103 cm³/mol. The zero-order valence-corrected chi connectivity index (χ0v) is 18.3. The van der Waals surface area contributed by atoms with Crippen LogP contribution in [0, 0.1) is 0 Å². The number of esters is 1. The standard InChI is InChI=1S/C21H28IO6/c1-2-3-4-5-8-16-11-17(25)12-20(26)19(16)13-21(27)28-18(14-22-15-24)9-6-7-10-23/h5,8,10-12,15,18,25-26H,2-4,6-7,9,13-14H2,1H3/q-1/b8-5+. The molecule has 0 heterocycles. The second-order valence-corrected chi connectivity index (χ2v) is 8.63. The summed E-state index contributed by atoms with van der Waals surface area (Å²) < 4.78 is 6.89. The van der Waals surface area contributed by atoms with Gasteiger partial charge in [-0.1, -0.05) is 6.92 Å². The minimum absolute atomic E-state index is 0.0766. The molecule has 28 heavy (non-hydrogen) atoms. The van der Waals surface area contributed by atoms with Gasteiger partial charge in [-0.15, -0.1) is 0 Å². The van der Waals surface area contributed by atoms with Crippen LogP contribution < -0.4 is 21.2 Å². The Hall–Kier alpha value is -1.90. The van der Waals surface area contributed by atoms with Crippen molar-refractivity contribution in [1.29, 1.82) is 0 Å². The Morgan fingerprint density at radius 3 is 2.68 bits per heavy atom. The minimum atomic E-state index is -0.696. The molecule has 1 rings (SSSR count). The van der Waals surface area contributed by atoms with Gasteiger partial charge in [0.1, 0.15) is 0 Å². The zero-order chi connectivity index (χ0) is 20.8. The fraction of sp³-hybridized carbons (Fsp3) is 0.476. The number of hydrogen-bond acceptors (Lipinski definition) is 6. The van der Waals surface area contributed by atoms with Gasteiger partial charge < -0.3 is 0 Å². The van der Waals surface area contributed by atoms with Crippen LogP contribution in [0.2, 0.25) is 0 Å². The first kappa shape index (κ1) is 24.1. The van der Waals surface area contributed by atoms with Gasteiger partial charge in [-0.25, -0.2) is 0 Å². The maximum absolute atomic E-state index is 12.4. The third kappa shape index (κ3) is 9.34. The van der Waals surface area contributed by atoms with E-state index in [-0.39, 0.29) is 17.9 Å². The van der Waals surface area contributed by atoms with Crippen molar-refractivity contribution in [2.24, 2.45) is 0 Å². The van der Waals surface area contributed by atoms with Crippen molar-refractivity contribution >= 4 is 22.6 Å². The summed E-state index contributed by atoms with van der Waals surface area (Å²) in [4.78, 5) is 33.6. The number of aromatic hydroxyl groups is 2. The fourth-order valence-corrected chi connectivity index (χ4v) is 4.04. The average Bonchev–Trinajstić information content (AvgIpc) is 2.65. The number of phenols is 2. The van der Waals surface area contributed by atoms with Crippen molar-refractivity contribution in [2.45, 2.75) is 58.0 Å². The molecule has 156 valence electrons. The molecule has 1 unspecified atom stereocenters. The van der Waals surface area contributed by atoms with Crippen LogP contribution >= 0.6 is 0 Å². The van der Waals surface area contributed by atoms with Gasteiger partial charge in [-0.3, -0.25) is 0 Å². The normalized spacial score (nSPS) is 12.2. The van der Waals surface area contributed by atoms with Crippen molar-refractivity contribution in [3.63, 3.8) is 0 Å². The fourth-order valence-electron chi connectivity index (χ4n) is 2.64. The van der Waals surface area contributed by atoms with Crippen molar-refractivity contribution in [3.8, 4) is 11.5 Å². The molecule has 2 N–H and O–H groups in total. The van der Waals surface area contributed by atoms with E-state index < -0.39 is 33.3 Å². The molecular weight excluding hydrogens is 475 g/mol. The Morgan fingerprint density at radius 2 is 2.00 bits per heavy atom. The van der Waals surface area contributed by atoms with Gasteiger partial charge in [0, 0.05) is 0 Å². The van der Waals surface area contributed by atoms with Crippen molar-refractivity contribution in [1.82, 2.24) is 0 Å². The van der Waals surface area contributed by atoms with E-state index in [9.17, 15) is 24.6 Å². The summed E-state index contributed by atoms with van der Waals surface area (Å²) in [6.45, 7) is 2.09. The third-order valence-corrected chi connectivity index (χ3v) is 5.91. The SMILES string of the molecule is CCCC/C=C/c1cc(O)cc(O)c1CC(=O)OC(CCCC=O)C[I-]C=O. The Labute approximate surface area is 176 Å². The molecule has 1 atom stereocenters. The summed E-state index contributed by atoms with van der Waals surface area (Å²) in [5.41, 5.74) is 0.968. The Bertz CT molecular complexity index is 671. The van der Waals surface area contributed by atoms with Gasteiger partial charge in [-0.05, 0) is 0 Å². The first-order valence-electron chi connectivity index (χ1n) is 9.37. The maximum atomic E-state index is 12.4. The first-order valence-corrected chi connectivity index (χ1v) is 12.1.